The Morgan fingerprint density at radius 2 is 1.76 bits per heavy atom. The van der Waals surface area contributed by atoms with Crippen LogP contribution in [0.15, 0.2) is 48.5 Å². The lowest BCUT2D eigenvalue weighted by Gasteiger charge is -2.32. The fourth-order valence-electron chi connectivity index (χ4n) is 3.33. The molecule has 9 heteroatoms. The van der Waals surface area contributed by atoms with Gasteiger partial charge < -0.3 is 19.7 Å². The smallest absolute Gasteiger partial charge is 0.338 e. The summed E-state index contributed by atoms with van der Waals surface area (Å²) in [4.78, 5) is 50.6. The Morgan fingerprint density at radius 1 is 1.09 bits per heavy atom. The first-order valence-corrected chi connectivity index (χ1v) is 10.6. The van der Waals surface area contributed by atoms with E-state index >= 15 is 0 Å². The van der Waals surface area contributed by atoms with Crippen molar-refractivity contribution in [3.8, 4) is 0 Å². The number of hydrogen-bond donors (Lipinski definition) is 1. The molecule has 8 nitrogen and oxygen atoms in total. The quantitative estimate of drug-likeness (QED) is 0.460. The van der Waals surface area contributed by atoms with E-state index < -0.39 is 30.3 Å². The fraction of sp³-hybridized carbons (Fsp3) is 0.333. The molecule has 0 aliphatic carbocycles. The molecule has 33 heavy (non-hydrogen) atoms. The number of ether oxygens (including phenoxy) is 2. The minimum Gasteiger partial charge on any atom is -0.454 e. The molecule has 2 amide bonds. The topological polar surface area (TPSA) is 102 Å². The molecule has 0 aromatic heterocycles. The summed E-state index contributed by atoms with van der Waals surface area (Å²) in [6, 6.07) is 10.9. The highest BCUT2D eigenvalue weighted by atomic mass is 19.1. The molecule has 2 aromatic carbocycles. The number of benzene rings is 2. The average Bonchev–Trinajstić information content (AvgIpc) is 2.81. The number of anilines is 1. The minimum absolute atomic E-state index is 0.103. The van der Waals surface area contributed by atoms with Crippen LogP contribution in [0.2, 0.25) is 0 Å². The third kappa shape index (κ3) is 6.69. The molecule has 1 unspecified atom stereocenters. The van der Waals surface area contributed by atoms with E-state index in [-0.39, 0.29) is 29.4 Å². The molecule has 1 aliphatic rings. The Bertz CT molecular complexity index is 1000. The van der Waals surface area contributed by atoms with Gasteiger partial charge in [0.15, 0.2) is 12.4 Å². The highest BCUT2D eigenvalue weighted by molar-refractivity contribution is 5.99. The van der Waals surface area contributed by atoms with Crippen LogP contribution < -0.4 is 5.32 Å². The molecule has 0 radical (unpaired) electrons. The van der Waals surface area contributed by atoms with E-state index in [0.29, 0.717) is 25.4 Å². The van der Waals surface area contributed by atoms with Gasteiger partial charge in [-0.15, -0.1) is 0 Å². The number of halogens is 1. The summed E-state index contributed by atoms with van der Waals surface area (Å²) in [5.41, 5.74) is 0.869. The van der Waals surface area contributed by atoms with Crippen molar-refractivity contribution in [1.29, 1.82) is 0 Å². The zero-order chi connectivity index (χ0) is 23.8. The lowest BCUT2D eigenvalue weighted by atomic mass is 10.1. The number of nitrogens with one attached hydrogen (secondary N) is 1. The van der Waals surface area contributed by atoms with Crippen molar-refractivity contribution in [3.05, 3.63) is 65.5 Å². The largest absolute Gasteiger partial charge is 0.454 e. The van der Waals surface area contributed by atoms with Crippen LogP contribution in [0.4, 0.5) is 10.1 Å². The number of esters is 1. The molecule has 174 valence electrons. The van der Waals surface area contributed by atoms with Crippen LogP contribution in [-0.4, -0.2) is 60.9 Å². The minimum atomic E-state index is -0.807. The Kier molecular flexibility index (Phi) is 8.26. The molecular formula is C24H25FN2O6. The first-order chi connectivity index (χ1) is 15.9. The van der Waals surface area contributed by atoms with Crippen molar-refractivity contribution in [3.63, 3.8) is 0 Å². The second-order valence-electron chi connectivity index (χ2n) is 7.52. The van der Waals surface area contributed by atoms with Crippen LogP contribution in [-0.2, 0) is 19.1 Å². The lowest BCUT2D eigenvalue weighted by molar-refractivity contribution is -0.155. The standard InChI is InChI=1S/C24H25FN2O6/c1-2-11-27-12-13-32-21(23(27)30)14-22(29)26-19-9-5-17(6-10-19)24(31)33-15-20(28)16-3-7-18(25)8-4-16/h3-10,21H,2,11-15H2,1H3,(H,26,29). The Balaban J connectivity index is 1.48. The Morgan fingerprint density at radius 3 is 2.42 bits per heavy atom. The van der Waals surface area contributed by atoms with Gasteiger partial charge in [-0.3, -0.25) is 14.4 Å². The van der Waals surface area contributed by atoms with E-state index in [4.69, 9.17) is 9.47 Å². The number of morpholine rings is 1. The monoisotopic (exact) mass is 456 g/mol. The van der Waals surface area contributed by atoms with Crippen molar-refractivity contribution >= 4 is 29.3 Å². The predicted octanol–water partition coefficient (Wildman–Crippen LogP) is 2.83. The zero-order valence-corrected chi connectivity index (χ0v) is 18.2. The van der Waals surface area contributed by atoms with E-state index in [1.807, 2.05) is 6.92 Å². The van der Waals surface area contributed by atoms with Gasteiger partial charge >= 0.3 is 5.97 Å². The molecule has 3 rings (SSSR count). The van der Waals surface area contributed by atoms with Crippen LogP contribution >= 0.6 is 0 Å². The third-order valence-electron chi connectivity index (χ3n) is 5.04. The first kappa shape index (κ1) is 24.1. The number of rotatable bonds is 9. The lowest BCUT2D eigenvalue weighted by Crippen LogP contribution is -2.49. The molecule has 1 saturated heterocycles. The number of nitrogens with zero attached hydrogens (tertiary/aromatic N) is 1. The molecule has 2 aromatic rings. The van der Waals surface area contributed by atoms with Crippen molar-refractivity contribution in [2.24, 2.45) is 0 Å². The van der Waals surface area contributed by atoms with Gasteiger partial charge in [0.25, 0.3) is 5.91 Å². The highest BCUT2D eigenvalue weighted by Crippen LogP contribution is 2.15. The van der Waals surface area contributed by atoms with Crippen LogP contribution in [0.25, 0.3) is 0 Å². The van der Waals surface area contributed by atoms with Crippen molar-refractivity contribution in [2.75, 3.05) is 31.6 Å². The summed E-state index contributed by atoms with van der Waals surface area (Å²) < 4.78 is 23.4. The van der Waals surface area contributed by atoms with E-state index in [9.17, 15) is 23.6 Å². The SMILES string of the molecule is CCCN1CCOC(CC(=O)Nc2ccc(C(=O)OCC(=O)c3ccc(F)cc3)cc2)C1=O. The van der Waals surface area contributed by atoms with Crippen LogP contribution in [0.5, 0.6) is 0 Å². The predicted molar refractivity (Wildman–Crippen MR) is 117 cm³/mol. The van der Waals surface area contributed by atoms with E-state index in [1.54, 1.807) is 4.90 Å². The van der Waals surface area contributed by atoms with Gasteiger partial charge in [0, 0.05) is 24.3 Å². The number of amides is 2. The molecular weight excluding hydrogens is 431 g/mol. The summed E-state index contributed by atoms with van der Waals surface area (Å²) in [5.74, 6) is -2.20. The van der Waals surface area contributed by atoms with Crippen LogP contribution in [0.3, 0.4) is 0 Å². The summed E-state index contributed by atoms with van der Waals surface area (Å²) in [6.45, 7) is 3.05. The van der Waals surface area contributed by atoms with Gasteiger partial charge in [0.2, 0.25) is 5.91 Å². The highest BCUT2D eigenvalue weighted by Gasteiger charge is 2.30. The fourth-order valence-corrected chi connectivity index (χ4v) is 3.33. The van der Waals surface area contributed by atoms with Gasteiger partial charge in [-0.1, -0.05) is 6.92 Å². The molecule has 1 fully saturated rings. The number of Topliss-reactive ketones (excluding diaryl/α,β-unsaturated/α-hetero) is 1. The Labute approximate surface area is 190 Å². The molecule has 0 saturated carbocycles. The third-order valence-corrected chi connectivity index (χ3v) is 5.04. The van der Waals surface area contributed by atoms with Gasteiger partial charge in [-0.25, -0.2) is 9.18 Å². The van der Waals surface area contributed by atoms with Gasteiger partial charge in [-0.05, 0) is 55.0 Å². The molecule has 1 N–H and O–H groups in total. The zero-order valence-electron chi connectivity index (χ0n) is 18.2. The first-order valence-electron chi connectivity index (χ1n) is 10.6. The number of hydrogen-bond acceptors (Lipinski definition) is 6. The van der Waals surface area contributed by atoms with Gasteiger partial charge in [-0.2, -0.15) is 0 Å². The maximum atomic E-state index is 12.9. The van der Waals surface area contributed by atoms with E-state index in [2.05, 4.69) is 5.32 Å². The van der Waals surface area contributed by atoms with Crippen molar-refractivity contribution < 1.29 is 33.0 Å². The number of carbonyl (C=O) groups is 4. The summed E-state index contributed by atoms with van der Waals surface area (Å²) in [5, 5.41) is 2.67. The van der Waals surface area contributed by atoms with E-state index in [0.717, 1.165) is 18.6 Å². The van der Waals surface area contributed by atoms with Crippen LogP contribution in [0.1, 0.15) is 40.5 Å². The van der Waals surface area contributed by atoms with Crippen molar-refractivity contribution in [1.82, 2.24) is 4.90 Å². The normalized spacial score (nSPS) is 15.8. The number of ketones is 1. The maximum Gasteiger partial charge on any atom is 0.338 e. The average molecular weight is 456 g/mol. The Hall–Kier alpha value is -3.59. The molecule has 0 bridgehead atoms. The summed E-state index contributed by atoms with van der Waals surface area (Å²) in [6.07, 6.45) is -0.0769. The molecule has 1 atom stereocenters. The second-order valence-corrected chi connectivity index (χ2v) is 7.52. The van der Waals surface area contributed by atoms with E-state index in [1.165, 1.54) is 36.4 Å². The van der Waals surface area contributed by atoms with Crippen molar-refractivity contribution in [2.45, 2.75) is 25.9 Å². The molecule has 1 aliphatic heterocycles. The number of carbonyl (C=O) groups excluding carboxylic acids is 4. The molecule has 1 heterocycles. The summed E-state index contributed by atoms with van der Waals surface area (Å²) >= 11 is 0. The van der Waals surface area contributed by atoms with Gasteiger partial charge in [0.1, 0.15) is 11.9 Å². The second kappa shape index (κ2) is 11.3. The van der Waals surface area contributed by atoms with Crippen LogP contribution in [0, 0.1) is 5.82 Å². The maximum absolute atomic E-state index is 12.9. The van der Waals surface area contributed by atoms with Gasteiger partial charge in [0.05, 0.1) is 18.6 Å². The molecule has 0 spiro atoms. The summed E-state index contributed by atoms with van der Waals surface area (Å²) in [7, 11) is 0.